The number of benzene rings is 2. The molecular weight excluding hydrogens is 386 g/mol. The Balaban J connectivity index is 1.37. The predicted octanol–water partition coefficient (Wildman–Crippen LogP) is 3.75. The highest BCUT2D eigenvalue weighted by Crippen LogP contribution is 2.24. The van der Waals surface area contributed by atoms with Crippen LogP contribution in [0.1, 0.15) is 11.5 Å². The van der Waals surface area contributed by atoms with E-state index in [4.69, 9.17) is 20.8 Å². The predicted molar refractivity (Wildman–Crippen MR) is 104 cm³/mol. The lowest BCUT2D eigenvalue weighted by Crippen LogP contribution is -2.27. The molecule has 3 rings (SSSR count). The van der Waals surface area contributed by atoms with Crippen molar-refractivity contribution in [3.63, 3.8) is 0 Å². The van der Waals surface area contributed by atoms with Crippen molar-refractivity contribution in [3.05, 3.63) is 71.1 Å². The molecular formula is C19H18ClN3O3S. The van der Waals surface area contributed by atoms with Gasteiger partial charge in [0.05, 0.1) is 10.8 Å². The van der Waals surface area contributed by atoms with E-state index in [0.29, 0.717) is 28.4 Å². The highest BCUT2D eigenvalue weighted by molar-refractivity contribution is 7.99. The van der Waals surface area contributed by atoms with Crippen LogP contribution in [0.5, 0.6) is 5.75 Å². The van der Waals surface area contributed by atoms with Crippen molar-refractivity contribution in [1.29, 1.82) is 0 Å². The average Bonchev–Trinajstić information content (AvgIpc) is 3.14. The maximum Gasteiger partial charge on any atom is 0.277 e. The lowest BCUT2D eigenvalue weighted by atomic mass is 10.1. The van der Waals surface area contributed by atoms with Crippen molar-refractivity contribution < 1.29 is 13.9 Å². The van der Waals surface area contributed by atoms with Crippen molar-refractivity contribution in [2.75, 3.05) is 12.3 Å². The highest BCUT2D eigenvalue weighted by Gasteiger charge is 2.11. The second-order valence-electron chi connectivity index (χ2n) is 5.56. The summed E-state index contributed by atoms with van der Waals surface area (Å²) in [5.41, 5.74) is 1.19. The SMILES string of the molecule is O=C(CSc1nnc(COc2ccccc2Cl)o1)NCCc1ccccc1. The van der Waals surface area contributed by atoms with Crippen molar-refractivity contribution >= 4 is 29.3 Å². The van der Waals surface area contributed by atoms with E-state index in [1.54, 1.807) is 12.1 Å². The second-order valence-corrected chi connectivity index (χ2v) is 6.89. The Morgan fingerprint density at radius 2 is 1.89 bits per heavy atom. The molecule has 0 saturated carbocycles. The molecule has 0 radical (unpaired) electrons. The van der Waals surface area contributed by atoms with Gasteiger partial charge in [0.25, 0.3) is 11.1 Å². The van der Waals surface area contributed by atoms with Gasteiger partial charge in [-0.25, -0.2) is 0 Å². The lowest BCUT2D eigenvalue weighted by Gasteiger charge is -2.04. The molecule has 140 valence electrons. The molecule has 0 bridgehead atoms. The van der Waals surface area contributed by atoms with Gasteiger partial charge in [-0.05, 0) is 24.1 Å². The van der Waals surface area contributed by atoms with Crippen LogP contribution in [-0.4, -0.2) is 28.4 Å². The van der Waals surface area contributed by atoms with Crippen LogP contribution in [0, 0.1) is 0 Å². The third kappa shape index (κ3) is 6.30. The fourth-order valence-electron chi connectivity index (χ4n) is 2.23. The number of amides is 1. The average molecular weight is 404 g/mol. The van der Waals surface area contributed by atoms with Crippen molar-refractivity contribution in [2.45, 2.75) is 18.3 Å². The Morgan fingerprint density at radius 1 is 1.11 bits per heavy atom. The molecule has 0 aliphatic carbocycles. The molecule has 0 fully saturated rings. The molecule has 0 saturated heterocycles. The van der Waals surface area contributed by atoms with Crippen LogP contribution in [0.2, 0.25) is 5.02 Å². The van der Waals surface area contributed by atoms with E-state index in [0.717, 1.165) is 6.42 Å². The molecule has 1 heterocycles. The fraction of sp³-hybridized carbons (Fsp3) is 0.211. The number of aromatic nitrogens is 2. The van der Waals surface area contributed by atoms with Crippen LogP contribution in [0.15, 0.2) is 64.2 Å². The fourth-order valence-corrected chi connectivity index (χ4v) is 3.03. The number of para-hydroxylation sites is 1. The summed E-state index contributed by atoms with van der Waals surface area (Å²) < 4.78 is 11.0. The Kier molecular flexibility index (Phi) is 7.12. The Labute approximate surface area is 166 Å². The summed E-state index contributed by atoms with van der Waals surface area (Å²) in [5, 5.41) is 11.5. The zero-order valence-electron chi connectivity index (χ0n) is 14.4. The summed E-state index contributed by atoms with van der Waals surface area (Å²) in [5.74, 6) is 0.996. The van der Waals surface area contributed by atoms with E-state index in [9.17, 15) is 4.79 Å². The largest absolute Gasteiger partial charge is 0.482 e. The van der Waals surface area contributed by atoms with Gasteiger partial charge >= 0.3 is 0 Å². The van der Waals surface area contributed by atoms with Crippen molar-refractivity contribution in [2.24, 2.45) is 0 Å². The van der Waals surface area contributed by atoms with Gasteiger partial charge < -0.3 is 14.5 Å². The van der Waals surface area contributed by atoms with Gasteiger partial charge in [0.1, 0.15) is 5.75 Å². The first-order chi connectivity index (χ1) is 13.2. The first kappa shape index (κ1) is 19.3. The minimum Gasteiger partial charge on any atom is -0.482 e. The number of nitrogens with one attached hydrogen (secondary N) is 1. The highest BCUT2D eigenvalue weighted by atomic mass is 35.5. The van der Waals surface area contributed by atoms with E-state index in [-0.39, 0.29) is 18.3 Å². The van der Waals surface area contributed by atoms with Crippen LogP contribution in [0.25, 0.3) is 0 Å². The molecule has 3 aromatic rings. The third-order valence-corrected chi connectivity index (χ3v) is 4.67. The minimum absolute atomic E-state index is 0.0806. The van der Waals surface area contributed by atoms with Gasteiger partial charge in [-0.1, -0.05) is 65.8 Å². The first-order valence-electron chi connectivity index (χ1n) is 8.34. The van der Waals surface area contributed by atoms with Crippen molar-refractivity contribution in [1.82, 2.24) is 15.5 Å². The summed E-state index contributed by atoms with van der Waals surface area (Å²) in [6.45, 7) is 0.699. The summed E-state index contributed by atoms with van der Waals surface area (Å²) in [6.07, 6.45) is 0.793. The topological polar surface area (TPSA) is 77.2 Å². The number of hydrogen-bond donors (Lipinski definition) is 1. The first-order valence-corrected chi connectivity index (χ1v) is 9.70. The summed E-state index contributed by atoms with van der Waals surface area (Å²) in [6, 6.07) is 17.1. The third-order valence-electron chi connectivity index (χ3n) is 3.54. The molecule has 0 aliphatic rings. The molecule has 6 nitrogen and oxygen atoms in total. The van der Waals surface area contributed by atoms with E-state index in [1.807, 2.05) is 42.5 Å². The van der Waals surface area contributed by atoms with Crippen LogP contribution >= 0.6 is 23.4 Å². The van der Waals surface area contributed by atoms with Crippen LogP contribution in [0.4, 0.5) is 0 Å². The molecule has 2 aromatic carbocycles. The molecule has 1 amide bonds. The zero-order valence-corrected chi connectivity index (χ0v) is 16.0. The smallest absolute Gasteiger partial charge is 0.277 e. The van der Waals surface area contributed by atoms with Gasteiger partial charge in [-0.3, -0.25) is 4.79 Å². The van der Waals surface area contributed by atoms with Crippen LogP contribution < -0.4 is 10.1 Å². The van der Waals surface area contributed by atoms with E-state index < -0.39 is 0 Å². The summed E-state index contributed by atoms with van der Waals surface area (Å²) >= 11 is 7.21. The maximum atomic E-state index is 11.9. The Bertz CT molecular complexity index is 873. The lowest BCUT2D eigenvalue weighted by molar-refractivity contribution is -0.118. The number of hydrogen-bond acceptors (Lipinski definition) is 6. The minimum atomic E-state index is -0.0806. The molecule has 0 atom stereocenters. The molecule has 0 unspecified atom stereocenters. The quantitative estimate of drug-likeness (QED) is 0.548. The summed E-state index contributed by atoms with van der Waals surface area (Å²) in [4.78, 5) is 11.9. The number of ether oxygens (including phenoxy) is 1. The molecule has 0 aliphatic heterocycles. The van der Waals surface area contributed by atoms with Crippen LogP contribution in [0.3, 0.4) is 0 Å². The molecule has 0 spiro atoms. The zero-order chi connectivity index (χ0) is 18.9. The van der Waals surface area contributed by atoms with E-state index in [1.165, 1.54) is 17.3 Å². The normalized spacial score (nSPS) is 10.6. The summed E-state index contributed by atoms with van der Waals surface area (Å²) in [7, 11) is 0. The molecule has 1 aromatic heterocycles. The number of carbonyl (C=O) groups is 1. The number of thioether (sulfide) groups is 1. The molecule has 1 N–H and O–H groups in total. The molecule has 8 heteroatoms. The van der Waals surface area contributed by atoms with Crippen molar-refractivity contribution in [3.8, 4) is 5.75 Å². The number of nitrogens with zero attached hydrogens (tertiary/aromatic N) is 2. The van der Waals surface area contributed by atoms with Gasteiger partial charge in [-0.2, -0.15) is 0 Å². The number of carbonyl (C=O) groups excluding carboxylic acids is 1. The van der Waals surface area contributed by atoms with Gasteiger partial charge in [0.15, 0.2) is 6.61 Å². The Morgan fingerprint density at radius 3 is 2.70 bits per heavy atom. The van der Waals surface area contributed by atoms with Gasteiger partial charge in [0.2, 0.25) is 5.91 Å². The number of halogens is 1. The monoisotopic (exact) mass is 403 g/mol. The second kappa shape index (κ2) is 9.99. The molecule has 27 heavy (non-hydrogen) atoms. The Hall–Kier alpha value is -2.51. The van der Waals surface area contributed by atoms with E-state index >= 15 is 0 Å². The number of rotatable bonds is 9. The van der Waals surface area contributed by atoms with Gasteiger partial charge in [-0.15, -0.1) is 10.2 Å². The van der Waals surface area contributed by atoms with Crippen LogP contribution in [-0.2, 0) is 17.8 Å². The van der Waals surface area contributed by atoms with Gasteiger partial charge in [0, 0.05) is 6.54 Å². The standard InChI is InChI=1S/C19H18ClN3O3S/c20-15-8-4-5-9-16(15)25-12-18-22-23-19(26-18)27-13-17(24)21-11-10-14-6-2-1-3-7-14/h1-9H,10-13H2,(H,21,24). The van der Waals surface area contributed by atoms with E-state index in [2.05, 4.69) is 15.5 Å². The maximum absolute atomic E-state index is 11.9.